The second-order valence-corrected chi connectivity index (χ2v) is 5.33. The van der Waals surface area contributed by atoms with E-state index in [-0.39, 0.29) is 0 Å². The molecule has 1 unspecified atom stereocenters. The lowest BCUT2D eigenvalue weighted by molar-refractivity contribution is 0.270. The molecule has 108 valence electrons. The summed E-state index contributed by atoms with van der Waals surface area (Å²) in [5.74, 6) is 0. The third-order valence-corrected chi connectivity index (χ3v) is 3.53. The highest BCUT2D eigenvalue weighted by Crippen LogP contribution is 2.12. The smallest absolute Gasteiger partial charge is 0.0361 e. The topological polar surface area (TPSA) is 18.5 Å². The van der Waals surface area contributed by atoms with Crippen molar-refractivity contribution in [2.75, 3.05) is 38.6 Å². The summed E-state index contributed by atoms with van der Waals surface area (Å²) in [6.45, 7) is 11.0. The molecule has 0 bridgehead atoms. The van der Waals surface area contributed by atoms with Gasteiger partial charge < -0.3 is 15.1 Å². The predicted octanol–water partition coefficient (Wildman–Crippen LogP) is 2.57. The number of benzene rings is 1. The lowest BCUT2D eigenvalue weighted by Gasteiger charge is -2.23. The molecule has 1 rings (SSSR count). The predicted molar refractivity (Wildman–Crippen MR) is 84.9 cm³/mol. The quantitative estimate of drug-likeness (QED) is 0.777. The Labute approximate surface area is 118 Å². The van der Waals surface area contributed by atoms with Crippen molar-refractivity contribution < 1.29 is 0 Å². The Morgan fingerprint density at radius 1 is 1.05 bits per heavy atom. The molecule has 0 fully saturated rings. The fourth-order valence-corrected chi connectivity index (χ4v) is 2.14. The van der Waals surface area contributed by atoms with Gasteiger partial charge in [-0.15, -0.1) is 0 Å². The molecule has 0 heterocycles. The summed E-state index contributed by atoms with van der Waals surface area (Å²) in [4.78, 5) is 4.58. The first kappa shape index (κ1) is 16.0. The number of hydrogen-bond acceptors (Lipinski definition) is 3. The van der Waals surface area contributed by atoms with Crippen LogP contribution in [-0.2, 0) is 6.54 Å². The summed E-state index contributed by atoms with van der Waals surface area (Å²) in [6, 6.07) is 9.27. The third-order valence-electron chi connectivity index (χ3n) is 3.53. The molecule has 1 N–H and O–H groups in total. The van der Waals surface area contributed by atoms with Crippen LogP contribution in [0.25, 0.3) is 0 Å². The number of rotatable bonds is 8. The summed E-state index contributed by atoms with van der Waals surface area (Å²) < 4.78 is 0. The Kier molecular flexibility index (Phi) is 6.89. The van der Waals surface area contributed by atoms with E-state index in [0.717, 1.165) is 26.2 Å². The van der Waals surface area contributed by atoms with Gasteiger partial charge >= 0.3 is 0 Å². The van der Waals surface area contributed by atoms with Gasteiger partial charge in [-0.25, -0.2) is 0 Å². The van der Waals surface area contributed by atoms with E-state index in [0.29, 0.717) is 6.04 Å². The third kappa shape index (κ3) is 5.62. The van der Waals surface area contributed by atoms with Gasteiger partial charge in [0.05, 0.1) is 0 Å². The second kappa shape index (κ2) is 8.18. The summed E-state index contributed by atoms with van der Waals surface area (Å²) in [7, 11) is 4.14. The van der Waals surface area contributed by atoms with E-state index < -0.39 is 0 Å². The van der Waals surface area contributed by atoms with E-state index in [1.807, 2.05) is 0 Å². The molecule has 0 saturated heterocycles. The maximum Gasteiger partial charge on any atom is 0.0361 e. The van der Waals surface area contributed by atoms with Gasteiger partial charge in [-0.3, -0.25) is 0 Å². The van der Waals surface area contributed by atoms with Crippen LogP contribution in [0.15, 0.2) is 24.3 Å². The van der Waals surface area contributed by atoms with Crippen molar-refractivity contribution in [3.8, 4) is 0 Å². The first-order chi connectivity index (χ1) is 9.06. The van der Waals surface area contributed by atoms with Gasteiger partial charge in [0.2, 0.25) is 0 Å². The van der Waals surface area contributed by atoms with E-state index >= 15 is 0 Å². The highest BCUT2D eigenvalue weighted by molar-refractivity contribution is 5.45. The Bertz CT molecular complexity index is 342. The molecular formula is C16H29N3. The monoisotopic (exact) mass is 263 g/mol. The number of nitrogens with zero attached hydrogens (tertiary/aromatic N) is 2. The largest absolute Gasteiger partial charge is 0.378 e. The maximum atomic E-state index is 3.59. The molecule has 0 spiro atoms. The molecule has 0 aliphatic heterocycles. The minimum Gasteiger partial charge on any atom is -0.378 e. The molecule has 0 aliphatic carbocycles. The Morgan fingerprint density at radius 2 is 1.63 bits per heavy atom. The van der Waals surface area contributed by atoms with E-state index in [9.17, 15) is 0 Å². The van der Waals surface area contributed by atoms with Crippen LogP contribution in [-0.4, -0.2) is 44.7 Å². The molecule has 1 aromatic rings. The normalized spacial score (nSPS) is 12.7. The second-order valence-electron chi connectivity index (χ2n) is 5.33. The van der Waals surface area contributed by atoms with E-state index in [1.54, 1.807) is 0 Å². The van der Waals surface area contributed by atoms with Crippen molar-refractivity contribution in [2.24, 2.45) is 0 Å². The van der Waals surface area contributed by atoms with Crippen molar-refractivity contribution in [3.05, 3.63) is 29.8 Å². The molecule has 19 heavy (non-hydrogen) atoms. The van der Waals surface area contributed by atoms with Crippen LogP contribution >= 0.6 is 0 Å². The fourth-order valence-electron chi connectivity index (χ4n) is 2.14. The highest BCUT2D eigenvalue weighted by Gasteiger charge is 2.06. The molecule has 0 saturated carbocycles. The summed E-state index contributed by atoms with van der Waals surface area (Å²) >= 11 is 0. The van der Waals surface area contributed by atoms with Gasteiger partial charge in [0.15, 0.2) is 0 Å². The summed E-state index contributed by atoms with van der Waals surface area (Å²) in [5.41, 5.74) is 2.59. The van der Waals surface area contributed by atoms with E-state index in [2.05, 4.69) is 74.2 Å². The van der Waals surface area contributed by atoms with Gasteiger partial charge in [0, 0.05) is 38.9 Å². The van der Waals surface area contributed by atoms with Crippen molar-refractivity contribution in [1.82, 2.24) is 10.2 Å². The molecule has 3 nitrogen and oxygen atoms in total. The molecule has 0 aromatic heterocycles. The average Bonchev–Trinajstić information content (AvgIpc) is 2.43. The Balaban J connectivity index is 2.39. The van der Waals surface area contributed by atoms with E-state index in [1.165, 1.54) is 11.3 Å². The van der Waals surface area contributed by atoms with Gasteiger partial charge in [-0.05, 0) is 37.7 Å². The number of anilines is 1. The van der Waals surface area contributed by atoms with Gasteiger partial charge in [0.25, 0.3) is 0 Å². The first-order valence-electron chi connectivity index (χ1n) is 7.28. The zero-order chi connectivity index (χ0) is 14.3. The van der Waals surface area contributed by atoms with Crippen LogP contribution in [0, 0.1) is 0 Å². The van der Waals surface area contributed by atoms with Gasteiger partial charge in [-0.1, -0.05) is 26.0 Å². The van der Waals surface area contributed by atoms with Crippen molar-refractivity contribution in [2.45, 2.75) is 33.4 Å². The summed E-state index contributed by atoms with van der Waals surface area (Å²) in [5, 5.41) is 3.59. The number of likely N-dealkylation sites (N-methyl/N-ethyl adjacent to an activating group) is 1. The van der Waals surface area contributed by atoms with Gasteiger partial charge in [-0.2, -0.15) is 0 Å². The maximum absolute atomic E-state index is 3.59. The van der Waals surface area contributed by atoms with Crippen LogP contribution in [0.1, 0.15) is 26.3 Å². The molecule has 0 amide bonds. The van der Waals surface area contributed by atoms with Crippen LogP contribution < -0.4 is 10.2 Å². The minimum absolute atomic E-state index is 0.522. The molecule has 1 aromatic carbocycles. The molecule has 1 atom stereocenters. The zero-order valence-corrected chi connectivity index (χ0v) is 13.1. The van der Waals surface area contributed by atoms with Crippen LogP contribution in [0.4, 0.5) is 5.69 Å². The minimum atomic E-state index is 0.522. The average molecular weight is 263 g/mol. The molecule has 3 heteroatoms. The zero-order valence-electron chi connectivity index (χ0n) is 13.1. The number of nitrogens with one attached hydrogen (secondary N) is 1. The summed E-state index contributed by atoms with van der Waals surface area (Å²) in [6.07, 6.45) is 0. The van der Waals surface area contributed by atoms with Crippen LogP contribution in [0.2, 0.25) is 0 Å². The van der Waals surface area contributed by atoms with Crippen LogP contribution in [0.5, 0.6) is 0 Å². The lowest BCUT2D eigenvalue weighted by Crippen LogP contribution is -2.38. The SMILES string of the molecule is CCN(CC)CC(C)NCc1ccc(N(C)C)cc1. The lowest BCUT2D eigenvalue weighted by atomic mass is 10.2. The standard InChI is InChI=1S/C16H29N3/c1-6-19(7-2)13-14(3)17-12-15-8-10-16(11-9-15)18(4)5/h8-11,14,17H,6-7,12-13H2,1-5H3. The van der Waals surface area contributed by atoms with Crippen molar-refractivity contribution in [1.29, 1.82) is 0 Å². The van der Waals surface area contributed by atoms with Crippen LogP contribution in [0.3, 0.4) is 0 Å². The van der Waals surface area contributed by atoms with Crippen molar-refractivity contribution in [3.63, 3.8) is 0 Å². The first-order valence-corrected chi connectivity index (χ1v) is 7.28. The Morgan fingerprint density at radius 3 is 2.11 bits per heavy atom. The highest BCUT2D eigenvalue weighted by atomic mass is 15.1. The van der Waals surface area contributed by atoms with Gasteiger partial charge in [0.1, 0.15) is 0 Å². The molecule has 0 radical (unpaired) electrons. The van der Waals surface area contributed by atoms with Crippen molar-refractivity contribution >= 4 is 5.69 Å². The molecule has 0 aliphatic rings. The van der Waals surface area contributed by atoms with E-state index in [4.69, 9.17) is 0 Å². The fraction of sp³-hybridized carbons (Fsp3) is 0.625. The molecular weight excluding hydrogens is 234 g/mol. The number of hydrogen-bond donors (Lipinski definition) is 1. The Hall–Kier alpha value is -1.06.